The number of hydrogen-bond donors (Lipinski definition) is 1. The summed E-state index contributed by atoms with van der Waals surface area (Å²) in [6.07, 6.45) is 4.63. The highest BCUT2D eigenvalue weighted by atomic mass is 79.9. The van der Waals surface area contributed by atoms with Crippen molar-refractivity contribution in [2.75, 3.05) is 0 Å². The fraction of sp³-hybridized carbons (Fsp3) is 0.333. The van der Waals surface area contributed by atoms with Gasteiger partial charge >= 0.3 is 0 Å². The summed E-state index contributed by atoms with van der Waals surface area (Å²) >= 11 is 3.48. The lowest BCUT2D eigenvalue weighted by Gasteiger charge is -2.31. The van der Waals surface area contributed by atoms with Crippen molar-refractivity contribution in [2.24, 2.45) is 0 Å². The van der Waals surface area contributed by atoms with Crippen LogP contribution in [0.3, 0.4) is 0 Å². The van der Waals surface area contributed by atoms with Crippen molar-refractivity contribution in [1.29, 1.82) is 0 Å². The van der Waals surface area contributed by atoms with E-state index in [0.717, 1.165) is 46.8 Å². The molecule has 1 saturated carbocycles. The highest BCUT2D eigenvalue weighted by Gasteiger charge is 2.30. The first kappa shape index (κ1) is 25.2. The first-order chi connectivity index (χ1) is 17.0. The Morgan fingerprint density at radius 3 is 1.97 bits per heavy atom. The fourth-order valence-corrected chi connectivity index (χ4v) is 5.12. The Bertz CT molecular complexity index is 1060. The van der Waals surface area contributed by atoms with Gasteiger partial charge in [-0.15, -0.1) is 0 Å². The number of nitrogens with zero attached hydrogens (tertiary/aromatic N) is 1. The summed E-state index contributed by atoms with van der Waals surface area (Å²) in [5, 5.41) is 3.19. The molecule has 3 aromatic rings. The summed E-state index contributed by atoms with van der Waals surface area (Å²) in [4.78, 5) is 28.8. The van der Waals surface area contributed by atoms with Gasteiger partial charge in [0.15, 0.2) is 0 Å². The minimum absolute atomic E-state index is 0.0281. The number of benzene rings is 3. The minimum atomic E-state index is -0.557. The van der Waals surface area contributed by atoms with Crippen LogP contribution in [0.4, 0.5) is 0 Å². The Morgan fingerprint density at radius 1 is 0.886 bits per heavy atom. The minimum Gasteiger partial charge on any atom is -0.352 e. The lowest BCUT2D eigenvalue weighted by atomic mass is 9.88. The Kier molecular flexibility index (Phi) is 8.75. The zero-order chi connectivity index (χ0) is 24.6. The molecule has 5 heteroatoms. The number of carbonyl (C=O) groups excluding carboxylic acids is 2. The number of nitrogens with one attached hydrogen (secondary N) is 1. The third-order valence-corrected chi connectivity index (χ3v) is 7.45. The molecule has 0 heterocycles. The predicted octanol–water partition coefficient (Wildman–Crippen LogP) is 6.45. The molecule has 0 spiro atoms. The van der Waals surface area contributed by atoms with Crippen LogP contribution in [-0.4, -0.2) is 28.8 Å². The molecule has 1 fully saturated rings. The number of amides is 2. The van der Waals surface area contributed by atoms with E-state index >= 15 is 0 Å². The molecule has 2 amide bonds. The topological polar surface area (TPSA) is 49.4 Å². The largest absolute Gasteiger partial charge is 0.352 e. The van der Waals surface area contributed by atoms with Crippen molar-refractivity contribution in [3.63, 3.8) is 0 Å². The van der Waals surface area contributed by atoms with E-state index < -0.39 is 6.04 Å². The summed E-state index contributed by atoms with van der Waals surface area (Å²) in [5.41, 5.74) is 3.19. The molecule has 3 aromatic carbocycles. The molecule has 182 valence electrons. The molecule has 1 N–H and O–H groups in total. The fourth-order valence-electron chi connectivity index (χ4n) is 4.85. The molecule has 1 aliphatic rings. The number of halogens is 1. The number of carbonyl (C=O) groups is 2. The third kappa shape index (κ3) is 6.82. The maximum atomic E-state index is 13.9. The maximum absolute atomic E-state index is 13.9. The second-order valence-corrected chi connectivity index (χ2v) is 10.3. The quantitative estimate of drug-likeness (QED) is 0.344. The van der Waals surface area contributed by atoms with E-state index in [-0.39, 0.29) is 23.8 Å². The SMILES string of the molecule is C[C@@H](C(=O)NC1CCCC1)N(Cc1ccc(Br)cc1)C(=O)CC(c1ccccc1)c1ccccc1. The molecule has 0 radical (unpaired) electrons. The highest BCUT2D eigenvalue weighted by molar-refractivity contribution is 9.10. The van der Waals surface area contributed by atoms with Crippen molar-refractivity contribution in [3.8, 4) is 0 Å². The smallest absolute Gasteiger partial charge is 0.242 e. The van der Waals surface area contributed by atoms with Gasteiger partial charge in [-0.25, -0.2) is 0 Å². The second-order valence-electron chi connectivity index (χ2n) is 9.39. The van der Waals surface area contributed by atoms with E-state index in [0.29, 0.717) is 13.0 Å². The average molecular weight is 534 g/mol. The zero-order valence-corrected chi connectivity index (χ0v) is 21.8. The second kappa shape index (κ2) is 12.2. The number of rotatable bonds is 9. The Balaban J connectivity index is 1.59. The molecular weight excluding hydrogens is 500 g/mol. The van der Waals surface area contributed by atoms with Gasteiger partial charge in [0.1, 0.15) is 6.04 Å². The Labute approximate surface area is 216 Å². The van der Waals surface area contributed by atoms with Crippen LogP contribution < -0.4 is 5.32 Å². The van der Waals surface area contributed by atoms with Crippen LogP contribution in [0.15, 0.2) is 89.4 Å². The Morgan fingerprint density at radius 2 is 1.43 bits per heavy atom. The molecule has 4 rings (SSSR count). The van der Waals surface area contributed by atoms with Gasteiger partial charge in [-0.2, -0.15) is 0 Å². The lowest BCUT2D eigenvalue weighted by molar-refractivity contribution is -0.141. The molecule has 0 aromatic heterocycles. The lowest BCUT2D eigenvalue weighted by Crippen LogP contribution is -2.49. The van der Waals surface area contributed by atoms with Crippen LogP contribution >= 0.6 is 15.9 Å². The summed E-state index contributed by atoms with van der Waals surface area (Å²) in [6.45, 7) is 2.24. The maximum Gasteiger partial charge on any atom is 0.242 e. The first-order valence-corrected chi connectivity index (χ1v) is 13.2. The van der Waals surface area contributed by atoms with Crippen molar-refractivity contribution in [1.82, 2.24) is 10.2 Å². The van der Waals surface area contributed by atoms with Gasteiger partial charge in [-0.1, -0.05) is 102 Å². The summed E-state index contributed by atoms with van der Waals surface area (Å²) in [6, 6.07) is 27.9. The van der Waals surface area contributed by atoms with Crippen molar-refractivity contribution in [2.45, 2.75) is 63.6 Å². The van der Waals surface area contributed by atoms with E-state index in [1.807, 2.05) is 67.6 Å². The molecular formula is C30H33BrN2O2. The van der Waals surface area contributed by atoms with Crippen LogP contribution in [0.2, 0.25) is 0 Å². The highest BCUT2D eigenvalue weighted by Crippen LogP contribution is 2.29. The third-order valence-electron chi connectivity index (χ3n) is 6.92. The van der Waals surface area contributed by atoms with Gasteiger partial charge in [-0.05, 0) is 48.6 Å². The van der Waals surface area contributed by atoms with Crippen molar-refractivity contribution in [3.05, 3.63) is 106 Å². The molecule has 0 saturated heterocycles. The van der Waals surface area contributed by atoms with Gasteiger partial charge < -0.3 is 10.2 Å². The van der Waals surface area contributed by atoms with E-state index in [4.69, 9.17) is 0 Å². The van der Waals surface area contributed by atoms with Crippen LogP contribution in [0.5, 0.6) is 0 Å². The van der Waals surface area contributed by atoms with Gasteiger partial charge in [0.2, 0.25) is 11.8 Å². The van der Waals surface area contributed by atoms with Crippen molar-refractivity contribution >= 4 is 27.7 Å². The van der Waals surface area contributed by atoms with Gasteiger partial charge in [0, 0.05) is 29.4 Å². The van der Waals surface area contributed by atoms with Crippen LogP contribution in [0, 0.1) is 0 Å². The Hall–Kier alpha value is -2.92. The summed E-state index contributed by atoms with van der Waals surface area (Å²) < 4.78 is 0.986. The normalized spacial score (nSPS) is 14.6. The van der Waals surface area contributed by atoms with Crippen LogP contribution in [-0.2, 0) is 16.1 Å². The first-order valence-electron chi connectivity index (χ1n) is 12.5. The van der Waals surface area contributed by atoms with Crippen LogP contribution in [0.25, 0.3) is 0 Å². The summed E-state index contributed by atoms with van der Waals surface area (Å²) in [7, 11) is 0. The molecule has 0 bridgehead atoms. The van der Waals surface area contributed by atoms with Gasteiger partial charge in [0.25, 0.3) is 0 Å². The van der Waals surface area contributed by atoms with E-state index in [2.05, 4.69) is 45.5 Å². The van der Waals surface area contributed by atoms with Crippen LogP contribution in [0.1, 0.15) is 61.6 Å². The van der Waals surface area contributed by atoms with E-state index in [1.54, 1.807) is 4.90 Å². The predicted molar refractivity (Wildman–Crippen MR) is 144 cm³/mol. The molecule has 0 unspecified atom stereocenters. The molecule has 1 atom stereocenters. The molecule has 35 heavy (non-hydrogen) atoms. The number of hydrogen-bond acceptors (Lipinski definition) is 2. The summed E-state index contributed by atoms with van der Waals surface area (Å²) in [5.74, 6) is -0.180. The van der Waals surface area contributed by atoms with Gasteiger partial charge in [-0.3, -0.25) is 9.59 Å². The molecule has 0 aliphatic heterocycles. The monoisotopic (exact) mass is 532 g/mol. The standard InChI is InChI=1S/C30H33BrN2O2/c1-22(30(35)32-27-14-8-9-15-27)33(21-23-16-18-26(31)19-17-23)29(34)20-28(24-10-4-2-5-11-24)25-12-6-3-7-13-25/h2-7,10-13,16-19,22,27-28H,8-9,14-15,20-21H2,1H3,(H,32,35)/t22-/m0/s1. The zero-order valence-electron chi connectivity index (χ0n) is 20.2. The van der Waals surface area contributed by atoms with E-state index in [9.17, 15) is 9.59 Å². The van der Waals surface area contributed by atoms with Crippen molar-refractivity contribution < 1.29 is 9.59 Å². The van der Waals surface area contributed by atoms with E-state index in [1.165, 1.54) is 0 Å². The molecule has 1 aliphatic carbocycles. The van der Waals surface area contributed by atoms with Gasteiger partial charge in [0.05, 0.1) is 0 Å². The average Bonchev–Trinajstić information content (AvgIpc) is 3.40. The molecule has 4 nitrogen and oxygen atoms in total.